The van der Waals surface area contributed by atoms with Crippen molar-refractivity contribution in [3.63, 3.8) is 0 Å². The normalized spacial score (nSPS) is 24.2. The van der Waals surface area contributed by atoms with Crippen molar-refractivity contribution in [3.8, 4) is 5.69 Å². The summed E-state index contributed by atoms with van der Waals surface area (Å²) < 4.78 is 8.24. The lowest BCUT2D eigenvalue weighted by atomic mass is 10.2. The van der Waals surface area contributed by atoms with Gasteiger partial charge >= 0.3 is 0 Å². The summed E-state index contributed by atoms with van der Waals surface area (Å²) in [6.07, 6.45) is 4.89. The second kappa shape index (κ2) is 7.05. The van der Waals surface area contributed by atoms with Gasteiger partial charge in [-0.1, -0.05) is 18.2 Å². The van der Waals surface area contributed by atoms with Crippen LogP contribution in [0, 0.1) is 6.92 Å². The van der Waals surface area contributed by atoms with Crippen molar-refractivity contribution in [2.75, 3.05) is 26.2 Å². The predicted octanol–water partition coefficient (Wildman–Crippen LogP) is 2.13. The number of ether oxygens (including phenoxy) is 1. The first-order valence-electron chi connectivity index (χ1n) is 8.96. The van der Waals surface area contributed by atoms with E-state index in [1.54, 1.807) is 0 Å². The van der Waals surface area contributed by atoms with Gasteiger partial charge in [0.2, 0.25) is 0 Å². The van der Waals surface area contributed by atoms with Crippen molar-refractivity contribution < 1.29 is 4.74 Å². The molecule has 2 saturated heterocycles. The zero-order chi connectivity index (χ0) is 16.4. The number of nitrogens with one attached hydrogen (secondary N) is 1. The van der Waals surface area contributed by atoms with E-state index in [0.29, 0.717) is 12.1 Å². The molecule has 0 bridgehead atoms. The Morgan fingerprint density at radius 2 is 2.17 bits per heavy atom. The first-order chi connectivity index (χ1) is 11.8. The van der Waals surface area contributed by atoms with E-state index in [1.807, 2.05) is 19.2 Å². The Balaban J connectivity index is 1.35. The number of morpholine rings is 1. The van der Waals surface area contributed by atoms with E-state index < -0.39 is 0 Å². The van der Waals surface area contributed by atoms with Crippen LogP contribution in [0.25, 0.3) is 5.69 Å². The molecule has 2 atom stereocenters. The molecule has 1 aromatic carbocycles. The van der Waals surface area contributed by atoms with Gasteiger partial charge in [-0.3, -0.25) is 9.47 Å². The molecule has 2 aromatic rings. The van der Waals surface area contributed by atoms with Gasteiger partial charge < -0.3 is 10.1 Å². The topological polar surface area (TPSA) is 42.3 Å². The Morgan fingerprint density at radius 1 is 1.29 bits per heavy atom. The smallest absolute Gasteiger partial charge is 0.110 e. The van der Waals surface area contributed by atoms with Crippen LogP contribution >= 0.6 is 0 Å². The number of hydrogen-bond acceptors (Lipinski definition) is 4. The minimum Gasteiger partial charge on any atom is -0.374 e. The van der Waals surface area contributed by atoms with Crippen molar-refractivity contribution >= 4 is 0 Å². The molecule has 5 heteroatoms. The van der Waals surface area contributed by atoms with Gasteiger partial charge in [-0.05, 0) is 38.4 Å². The van der Waals surface area contributed by atoms with Crippen LogP contribution < -0.4 is 5.32 Å². The first kappa shape index (κ1) is 15.8. The lowest BCUT2D eigenvalue weighted by Gasteiger charge is -2.35. The summed E-state index contributed by atoms with van der Waals surface area (Å²) in [5.74, 6) is 1.02. The molecule has 0 aliphatic carbocycles. The number of imidazole rings is 1. The SMILES string of the molecule is Cc1ncc(CNC[C@@H]2CN3CCC[C@@H]3CO2)n1-c1ccccc1. The summed E-state index contributed by atoms with van der Waals surface area (Å²) in [6, 6.07) is 11.1. The first-order valence-corrected chi connectivity index (χ1v) is 8.96. The van der Waals surface area contributed by atoms with Gasteiger partial charge in [0.25, 0.3) is 0 Å². The lowest BCUT2D eigenvalue weighted by molar-refractivity contribution is -0.0470. The van der Waals surface area contributed by atoms with Crippen molar-refractivity contribution in [3.05, 3.63) is 48.0 Å². The standard InChI is InChI=1S/C19H26N4O/c1-15-21-11-18(23(15)16-6-3-2-4-7-16)10-20-12-19-13-22-9-5-8-17(22)14-24-19/h2-4,6-7,11,17,19-20H,5,8-10,12-14H2,1H3/t17-,19-/m1/s1. The van der Waals surface area contributed by atoms with Crippen LogP contribution in [0.5, 0.6) is 0 Å². The number of para-hydroxylation sites is 1. The van der Waals surface area contributed by atoms with Crippen LogP contribution in [0.1, 0.15) is 24.4 Å². The van der Waals surface area contributed by atoms with Crippen LogP contribution in [-0.4, -0.2) is 52.8 Å². The van der Waals surface area contributed by atoms with E-state index in [2.05, 4.69) is 44.0 Å². The monoisotopic (exact) mass is 326 g/mol. The van der Waals surface area contributed by atoms with Crippen molar-refractivity contribution in [1.29, 1.82) is 0 Å². The molecule has 3 heterocycles. The fraction of sp³-hybridized carbons (Fsp3) is 0.526. The summed E-state index contributed by atoms with van der Waals surface area (Å²) in [4.78, 5) is 7.08. The van der Waals surface area contributed by atoms with Gasteiger partial charge in [0.05, 0.1) is 24.6 Å². The van der Waals surface area contributed by atoms with Gasteiger partial charge in [-0.15, -0.1) is 0 Å². The molecule has 5 nitrogen and oxygen atoms in total. The Hall–Kier alpha value is -1.69. The Kier molecular flexibility index (Phi) is 4.65. The number of nitrogens with zero attached hydrogens (tertiary/aromatic N) is 3. The molecule has 2 aliphatic rings. The van der Waals surface area contributed by atoms with Crippen molar-refractivity contribution in [2.45, 2.75) is 38.5 Å². The molecule has 2 aliphatic heterocycles. The summed E-state index contributed by atoms with van der Waals surface area (Å²) in [7, 11) is 0. The zero-order valence-electron chi connectivity index (χ0n) is 14.3. The third-order valence-corrected chi connectivity index (χ3v) is 5.17. The average molecular weight is 326 g/mol. The summed E-state index contributed by atoms with van der Waals surface area (Å²) in [5, 5.41) is 3.56. The molecule has 4 rings (SSSR count). The highest BCUT2D eigenvalue weighted by Crippen LogP contribution is 2.22. The third-order valence-electron chi connectivity index (χ3n) is 5.17. The molecule has 1 N–H and O–H groups in total. The van der Waals surface area contributed by atoms with Gasteiger partial charge in [0, 0.05) is 31.4 Å². The van der Waals surface area contributed by atoms with Crippen LogP contribution in [0.15, 0.2) is 36.5 Å². The summed E-state index contributed by atoms with van der Waals surface area (Å²) in [5.41, 5.74) is 2.35. The predicted molar refractivity (Wildman–Crippen MR) is 94.3 cm³/mol. The quantitative estimate of drug-likeness (QED) is 0.914. The van der Waals surface area contributed by atoms with Crippen LogP contribution in [-0.2, 0) is 11.3 Å². The molecule has 0 spiro atoms. The molecule has 128 valence electrons. The number of aromatic nitrogens is 2. The average Bonchev–Trinajstić information content (AvgIpc) is 3.22. The molecule has 2 fully saturated rings. The minimum absolute atomic E-state index is 0.300. The van der Waals surface area contributed by atoms with Crippen LogP contribution in [0.4, 0.5) is 0 Å². The van der Waals surface area contributed by atoms with Crippen molar-refractivity contribution in [1.82, 2.24) is 19.8 Å². The molecule has 0 unspecified atom stereocenters. The maximum Gasteiger partial charge on any atom is 0.110 e. The largest absolute Gasteiger partial charge is 0.374 e. The Labute approximate surface area is 143 Å². The molecule has 0 saturated carbocycles. The molecule has 0 amide bonds. The highest BCUT2D eigenvalue weighted by molar-refractivity contribution is 5.35. The zero-order valence-corrected chi connectivity index (χ0v) is 14.3. The maximum absolute atomic E-state index is 6.02. The summed E-state index contributed by atoms with van der Waals surface area (Å²) in [6.45, 7) is 6.95. The number of aryl methyl sites for hydroxylation is 1. The van der Waals surface area contributed by atoms with Gasteiger partial charge in [0.15, 0.2) is 0 Å². The van der Waals surface area contributed by atoms with Gasteiger partial charge in [0.1, 0.15) is 5.82 Å². The second-order valence-electron chi connectivity index (χ2n) is 6.84. The summed E-state index contributed by atoms with van der Waals surface area (Å²) >= 11 is 0. The van der Waals surface area contributed by atoms with Crippen LogP contribution in [0.2, 0.25) is 0 Å². The third kappa shape index (κ3) is 3.24. The second-order valence-corrected chi connectivity index (χ2v) is 6.84. The van der Waals surface area contributed by atoms with E-state index in [0.717, 1.165) is 37.8 Å². The van der Waals surface area contributed by atoms with E-state index in [4.69, 9.17) is 4.74 Å². The van der Waals surface area contributed by atoms with E-state index in [-0.39, 0.29) is 0 Å². The van der Waals surface area contributed by atoms with Gasteiger partial charge in [-0.25, -0.2) is 4.98 Å². The Morgan fingerprint density at radius 3 is 3.04 bits per heavy atom. The lowest BCUT2D eigenvalue weighted by Crippen LogP contribution is -2.49. The number of hydrogen-bond donors (Lipinski definition) is 1. The molecule has 1 aromatic heterocycles. The Bertz CT molecular complexity index is 669. The van der Waals surface area contributed by atoms with Gasteiger partial charge in [-0.2, -0.15) is 0 Å². The number of fused-ring (bicyclic) bond motifs is 1. The number of rotatable bonds is 5. The van der Waals surface area contributed by atoms with E-state index >= 15 is 0 Å². The van der Waals surface area contributed by atoms with Crippen molar-refractivity contribution in [2.24, 2.45) is 0 Å². The highest BCUT2D eigenvalue weighted by Gasteiger charge is 2.31. The van der Waals surface area contributed by atoms with Crippen LogP contribution in [0.3, 0.4) is 0 Å². The number of benzene rings is 1. The van der Waals surface area contributed by atoms with E-state index in [9.17, 15) is 0 Å². The molecular formula is C19H26N4O. The highest BCUT2D eigenvalue weighted by atomic mass is 16.5. The molecule has 0 radical (unpaired) electrons. The van der Waals surface area contributed by atoms with E-state index in [1.165, 1.54) is 25.1 Å². The molecular weight excluding hydrogens is 300 g/mol. The fourth-order valence-electron chi connectivity index (χ4n) is 3.92. The maximum atomic E-state index is 6.02. The fourth-order valence-corrected chi connectivity index (χ4v) is 3.92. The molecule has 24 heavy (non-hydrogen) atoms. The minimum atomic E-state index is 0.300.